The molecule has 0 aliphatic carbocycles. The number of hydrogen-bond acceptors (Lipinski definition) is 2. The summed E-state index contributed by atoms with van der Waals surface area (Å²) < 4.78 is 0. The van der Waals surface area contributed by atoms with Crippen molar-refractivity contribution in [2.75, 3.05) is 0 Å². The van der Waals surface area contributed by atoms with Gasteiger partial charge in [0.1, 0.15) is 0 Å². The molecule has 3 N–H and O–H groups in total. The third kappa shape index (κ3) is 3.72. The van der Waals surface area contributed by atoms with E-state index in [1.807, 2.05) is 27.7 Å². The van der Waals surface area contributed by atoms with E-state index in [4.69, 9.17) is 5.73 Å². The third-order valence-corrected chi connectivity index (χ3v) is 2.02. The lowest BCUT2D eigenvalue weighted by atomic mass is 10.0. The largest absolute Gasteiger partial charge is 0.352 e. The summed E-state index contributed by atoms with van der Waals surface area (Å²) >= 11 is 0. The molecule has 0 rings (SSSR count). The Morgan fingerprint density at radius 3 is 2.25 bits per heavy atom. The summed E-state index contributed by atoms with van der Waals surface area (Å²) in [6, 6.07) is -0.152. The Balaban J connectivity index is 3.87. The maximum atomic E-state index is 11.3. The quantitative estimate of drug-likeness (QED) is 0.661. The molecule has 12 heavy (non-hydrogen) atoms. The highest BCUT2D eigenvalue weighted by atomic mass is 16.2. The fourth-order valence-electron chi connectivity index (χ4n) is 0.744. The van der Waals surface area contributed by atoms with Crippen molar-refractivity contribution in [3.8, 4) is 0 Å². The Morgan fingerprint density at radius 1 is 1.42 bits per heavy atom. The molecule has 0 unspecified atom stereocenters. The molecule has 3 heteroatoms. The molecule has 72 valence electrons. The molecular weight excluding hydrogens is 152 g/mol. The fourth-order valence-corrected chi connectivity index (χ4v) is 0.744. The van der Waals surface area contributed by atoms with Crippen molar-refractivity contribution in [1.82, 2.24) is 5.32 Å². The lowest BCUT2D eigenvalue weighted by molar-refractivity contribution is -0.123. The Kier molecular flexibility index (Phi) is 4.90. The number of carbonyl (C=O) groups excluding carboxylic acids is 1. The summed E-state index contributed by atoms with van der Waals surface area (Å²) in [7, 11) is 0. The van der Waals surface area contributed by atoms with Crippen LogP contribution in [0.1, 0.15) is 34.1 Å². The van der Waals surface area contributed by atoms with E-state index < -0.39 is 0 Å². The normalized spacial score (nSPS) is 15.8. The van der Waals surface area contributed by atoms with Crippen LogP contribution in [0.5, 0.6) is 0 Å². The SMILES string of the molecule is CC[C@H](C)NC(=O)[C@@H](N)C(C)C. The molecule has 3 nitrogen and oxygen atoms in total. The number of carbonyl (C=O) groups is 1. The van der Waals surface area contributed by atoms with Gasteiger partial charge in [0.2, 0.25) is 5.91 Å². The molecular formula is C9H20N2O. The first-order valence-corrected chi connectivity index (χ1v) is 4.55. The molecule has 2 atom stereocenters. The van der Waals surface area contributed by atoms with Gasteiger partial charge in [0, 0.05) is 6.04 Å². The molecule has 0 saturated heterocycles. The van der Waals surface area contributed by atoms with Gasteiger partial charge in [-0.1, -0.05) is 20.8 Å². The van der Waals surface area contributed by atoms with Crippen LogP contribution >= 0.6 is 0 Å². The van der Waals surface area contributed by atoms with Gasteiger partial charge in [-0.05, 0) is 19.3 Å². The highest BCUT2D eigenvalue weighted by molar-refractivity contribution is 5.81. The van der Waals surface area contributed by atoms with E-state index in [0.29, 0.717) is 0 Å². The molecule has 0 bridgehead atoms. The van der Waals surface area contributed by atoms with E-state index in [-0.39, 0.29) is 23.9 Å². The third-order valence-electron chi connectivity index (χ3n) is 2.02. The molecule has 0 aromatic heterocycles. The van der Waals surface area contributed by atoms with Crippen LogP contribution in [-0.2, 0) is 4.79 Å². The van der Waals surface area contributed by atoms with Crippen LogP contribution in [0, 0.1) is 5.92 Å². The summed E-state index contributed by atoms with van der Waals surface area (Å²) in [5.41, 5.74) is 5.65. The van der Waals surface area contributed by atoms with Gasteiger partial charge in [0.15, 0.2) is 0 Å². The van der Waals surface area contributed by atoms with Gasteiger partial charge in [-0.2, -0.15) is 0 Å². The molecule has 1 amide bonds. The van der Waals surface area contributed by atoms with Crippen molar-refractivity contribution < 1.29 is 4.79 Å². The fraction of sp³-hybridized carbons (Fsp3) is 0.889. The van der Waals surface area contributed by atoms with E-state index >= 15 is 0 Å². The monoisotopic (exact) mass is 172 g/mol. The minimum Gasteiger partial charge on any atom is -0.352 e. The number of amides is 1. The van der Waals surface area contributed by atoms with Gasteiger partial charge in [0.05, 0.1) is 6.04 Å². The minimum absolute atomic E-state index is 0.0423. The predicted octanol–water partition coefficient (Wildman–Crippen LogP) is 0.884. The zero-order valence-corrected chi connectivity index (χ0v) is 8.42. The van der Waals surface area contributed by atoms with Gasteiger partial charge < -0.3 is 11.1 Å². The van der Waals surface area contributed by atoms with E-state index in [2.05, 4.69) is 5.32 Å². The topological polar surface area (TPSA) is 55.1 Å². The second-order valence-electron chi connectivity index (χ2n) is 3.59. The lowest BCUT2D eigenvalue weighted by Gasteiger charge is -2.18. The molecule has 0 fully saturated rings. The number of nitrogens with two attached hydrogens (primary N) is 1. The van der Waals surface area contributed by atoms with Gasteiger partial charge in [-0.3, -0.25) is 4.79 Å². The first kappa shape index (κ1) is 11.4. The summed E-state index contributed by atoms with van der Waals surface area (Å²) in [6.07, 6.45) is 0.941. The standard InChI is InChI=1S/C9H20N2O/c1-5-7(4)11-9(12)8(10)6(2)3/h6-8H,5,10H2,1-4H3,(H,11,12)/t7-,8-/m0/s1. The zero-order valence-electron chi connectivity index (χ0n) is 8.42. The van der Waals surface area contributed by atoms with Crippen molar-refractivity contribution in [3.05, 3.63) is 0 Å². The molecule has 0 saturated carbocycles. The maximum absolute atomic E-state index is 11.3. The zero-order chi connectivity index (χ0) is 9.72. The van der Waals surface area contributed by atoms with E-state index in [9.17, 15) is 4.79 Å². The smallest absolute Gasteiger partial charge is 0.237 e. The molecule has 0 radical (unpaired) electrons. The second kappa shape index (κ2) is 5.14. The van der Waals surface area contributed by atoms with Gasteiger partial charge in [-0.15, -0.1) is 0 Å². The Hall–Kier alpha value is -0.570. The molecule has 0 aromatic rings. The molecule has 0 heterocycles. The highest BCUT2D eigenvalue weighted by Crippen LogP contribution is 1.99. The lowest BCUT2D eigenvalue weighted by Crippen LogP contribution is -2.46. The minimum atomic E-state index is -0.376. The van der Waals surface area contributed by atoms with Crippen LogP contribution in [-0.4, -0.2) is 18.0 Å². The van der Waals surface area contributed by atoms with Crippen LogP contribution in [0.2, 0.25) is 0 Å². The average Bonchev–Trinajstić information content (AvgIpc) is 2.02. The Labute approximate surface area is 74.7 Å². The summed E-state index contributed by atoms with van der Waals surface area (Å²) in [5.74, 6) is 0.161. The molecule has 0 spiro atoms. The van der Waals surface area contributed by atoms with Crippen molar-refractivity contribution >= 4 is 5.91 Å². The number of hydrogen-bond donors (Lipinski definition) is 2. The summed E-state index contributed by atoms with van der Waals surface area (Å²) in [6.45, 7) is 7.90. The van der Waals surface area contributed by atoms with Crippen LogP contribution < -0.4 is 11.1 Å². The van der Waals surface area contributed by atoms with Gasteiger partial charge in [0.25, 0.3) is 0 Å². The molecule has 0 aliphatic rings. The van der Waals surface area contributed by atoms with Crippen LogP contribution in [0.4, 0.5) is 0 Å². The predicted molar refractivity (Wildman–Crippen MR) is 50.7 cm³/mol. The Bertz CT molecular complexity index is 145. The van der Waals surface area contributed by atoms with E-state index in [1.165, 1.54) is 0 Å². The van der Waals surface area contributed by atoms with Crippen LogP contribution in [0.25, 0.3) is 0 Å². The molecule has 0 aromatic carbocycles. The maximum Gasteiger partial charge on any atom is 0.237 e. The van der Waals surface area contributed by atoms with Crippen molar-refractivity contribution in [2.24, 2.45) is 11.7 Å². The highest BCUT2D eigenvalue weighted by Gasteiger charge is 2.17. The van der Waals surface area contributed by atoms with Crippen molar-refractivity contribution in [3.63, 3.8) is 0 Å². The van der Waals surface area contributed by atoms with Gasteiger partial charge in [-0.25, -0.2) is 0 Å². The number of rotatable bonds is 4. The van der Waals surface area contributed by atoms with Gasteiger partial charge >= 0.3 is 0 Å². The first-order valence-electron chi connectivity index (χ1n) is 4.55. The summed E-state index contributed by atoms with van der Waals surface area (Å²) in [5, 5.41) is 2.85. The summed E-state index contributed by atoms with van der Waals surface area (Å²) in [4.78, 5) is 11.3. The molecule has 0 aliphatic heterocycles. The number of nitrogens with one attached hydrogen (secondary N) is 1. The first-order chi connectivity index (χ1) is 5.49. The second-order valence-corrected chi connectivity index (χ2v) is 3.59. The van der Waals surface area contributed by atoms with Crippen molar-refractivity contribution in [2.45, 2.75) is 46.2 Å². The Morgan fingerprint density at radius 2 is 1.92 bits per heavy atom. The van der Waals surface area contributed by atoms with Crippen molar-refractivity contribution in [1.29, 1.82) is 0 Å². The average molecular weight is 172 g/mol. The van der Waals surface area contributed by atoms with E-state index in [0.717, 1.165) is 6.42 Å². The van der Waals surface area contributed by atoms with Crippen LogP contribution in [0.3, 0.4) is 0 Å². The van der Waals surface area contributed by atoms with E-state index in [1.54, 1.807) is 0 Å². The van der Waals surface area contributed by atoms with Crippen LogP contribution in [0.15, 0.2) is 0 Å².